The summed E-state index contributed by atoms with van der Waals surface area (Å²) in [4.78, 5) is 5.21. The number of rotatable bonds is 1. The van der Waals surface area contributed by atoms with Gasteiger partial charge in [0.25, 0.3) is 4.84 Å². The van der Waals surface area contributed by atoms with Gasteiger partial charge in [0.1, 0.15) is 0 Å². The van der Waals surface area contributed by atoms with Gasteiger partial charge < -0.3 is 4.42 Å². The number of nitrogens with zero attached hydrogens (tertiary/aromatic N) is 2. The van der Waals surface area contributed by atoms with Gasteiger partial charge in [-0.05, 0) is 62.0 Å². The van der Waals surface area contributed by atoms with E-state index in [2.05, 4.69) is 36.2 Å². The summed E-state index contributed by atoms with van der Waals surface area (Å²) in [7, 11) is 0. The van der Waals surface area contributed by atoms with Crippen molar-refractivity contribution >= 4 is 23.1 Å². The summed E-state index contributed by atoms with van der Waals surface area (Å²) in [6, 6.07) is 4.25. The molecule has 0 bridgehead atoms. The molecule has 2 aromatic heterocycles. The monoisotopic (exact) mass is 297 g/mol. The molecule has 4 rings (SSSR count). The Morgan fingerprint density at radius 3 is 2.86 bits per heavy atom. The first-order valence-electron chi connectivity index (χ1n) is 7.12. The van der Waals surface area contributed by atoms with Crippen molar-refractivity contribution in [1.82, 2.24) is 15.2 Å². The van der Waals surface area contributed by atoms with E-state index in [4.69, 9.17) is 21.6 Å². The molecule has 1 aromatic carbocycles. The number of aromatic amines is 1. The molecule has 0 atom stereocenters. The Hall–Kier alpha value is -2.01. The molecule has 1 N–H and O–H groups in total. The largest absolute Gasteiger partial charge is 0.409 e. The van der Waals surface area contributed by atoms with E-state index in [0.717, 1.165) is 35.7 Å². The second kappa shape index (κ2) is 4.49. The van der Waals surface area contributed by atoms with Crippen LogP contribution in [0.4, 0.5) is 0 Å². The van der Waals surface area contributed by atoms with Crippen LogP contribution in [-0.4, -0.2) is 15.2 Å². The van der Waals surface area contributed by atoms with Crippen molar-refractivity contribution in [1.29, 1.82) is 0 Å². The zero-order valence-electron chi connectivity index (χ0n) is 12.0. The van der Waals surface area contributed by atoms with Crippen molar-refractivity contribution in [3.8, 4) is 11.5 Å². The molecule has 0 amide bonds. The maximum Gasteiger partial charge on any atom is 0.284 e. The summed E-state index contributed by atoms with van der Waals surface area (Å²) in [5.41, 5.74) is 7.02. The highest BCUT2D eigenvalue weighted by Crippen LogP contribution is 2.37. The first kappa shape index (κ1) is 12.7. The Balaban J connectivity index is 2.17. The number of hydrogen-bond acceptors (Lipinski definition) is 4. The minimum atomic E-state index is 0.311. The van der Waals surface area contributed by atoms with E-state index in [1.54, 1.807) is 0 Å². The van der Waals surface area contributed by atoms with Gasteiger partial charge in [0, 0.05) is 11.1 Å². The van der Waals surface area contributed by atoms with E-state index in [1.165, 1.54) is 22.4 Å². The van der Waals surface area contributed by atoms with Gasteiger partial charge in [-0.3, -0.25) is 4.98 Å². The number of hydrogen-bond donors (Lipinski definition) is 1. The van der Waals surface area contributed by atoms with Crippen LogP contribution in [0.15, 0.2) is 16.5 Å². The Kier molecular flexibility index (Phi) is 2.72. The van der Waals surface area contributed by atoms with Crippen LogP contribution in [0.1, 0.15) is 28.8 Å². The Bertz CT molecular complexity index is 923. The molecule has 1 aliphatic rings. The molecule has 0 fully saturated rings. The average Bonchev–Trinajstić information content (AvgIpc) is 3.09. The quantitative estimate of drug-likeness (QED) is 0.688. The number of fused-ring (bicyclic) bond motifs is 2. The lowest BCUT2D eigenvalue weighted by Crippen LogP contribution is -1.98. The fraction of sp³-hybridized carbons (Fsp3) is 0.312. The molecular formula is C16H15N3OS. The smallest absolute Gasteiger partial charge is 0.284 e. The van der Waals surface area contributed by atoms with Gasteiger partial charge in [0.15, 0.2) is 0 Å². The predicted octanol–water partition coefficient (Wildman–Crippen LogP) is 4.05. The predicted molar refractivity (Wildman–Crippen MR) is 83.9 cm³/mol. The Morgan fingerprint density at radius 2 is 2.10 bits per heavy atom. The van der Waals surface area contributed by atoms with E-state index in [0.29, 0.717) is 10.7 Å². The average molecular weight is 297 g/mol. The van der Waals surface area contributed by atoms with E-state index >= 15 is 0 Å². The molecule has 5 heteroatoms. The van der Waals surface area contributed by atoms with Gasteiger partial charge in [0.2, 0.25) is 5.89 Å². The van der Waals surface area contributed by atoms with Crippen molar-refractivity contribution in [2.24, 2.45) is 0 Å². The van der Waals surface area contributed by atoms with Crippen molar-refractivity contribution in [3.63, 3.8) is 0 Å². The van der Waals surface area contributed by atoms with E-state index in [1.807, 2.05) is 0 Å². The van der Waals surface area contributed by atoms with Gasteiger partial charge in [-0.15, -0.1) is 5.10 Å². The second-order valence-electron chi connectivity index (χ2n) is 5.59. The lowest BCUT2D eigenvalue weighted by atomic mass is 9.97. The van der Waals surface area contributed by atoms with Crippen LogP contribution in [0.2, 0.25) is 0 Å². The van der Waals surface area contributed by atoms with Crippen LogP contribution in [0.25, 0.3) is 22.4 Å². The molecule has 21 heavy (non-hydrogen) atoms. The third-order valence-electron chi connectivity index (χ3n) is 4.36. The number of benzene rings is 1. The van der Waals surface area contributed by atoms with Gasteiger partial charge in [-0.25, -0.2) is 5.10 Å². The van der Waals surface area contributed by atoms with Gasteiger partial charge in [-0.2, -0.15) is 0 Å². The van der Waals surface area contributed by atoms with Crippen molar-refractivity contribution in [2.75, 3.05) is 0 Å². The minimum absolute atomic E-state index is 0.311. The lowest BCUT2D eigenvalue weighted by molar-refractivity contribution is 0.552. The summed E-state index contributed by atoms with van der Waals surface area (Å²) in [6.07, 6.45) is 3.18. The molecule has 0 saturated heterocycles. The zero-order chi connectivity index (χ0) is 14.6. The molecule has 106 valence electrons. The van der Waals surface area contributed by atoms with Crippen LogP contribution < -0.4 is 0 Å². The number of aromatic nitrogens is 3. The summed E-state index contributed by atoms with van der Waals surface area (Å²) >= 11 is 5.03. The highest BCUT2D eigenvalue weighted by atomic mass is 32.1. The number of H-pyrrole nitrogens is 1. The third-order valence-corrected chi connectivity index (χ3v) is 4.54. The fourth-order valence-electron chi connectivity index (χ4n) is 3.15. The van der Waals surface area contributed by atoms with Gasteiger partial charge in [-0.1, -0.05) is 12.1 Å². The number of pyridine rings is 1. The number of aryl methyl sites for hydroxylation is 3. The molecule has 0 radical (unpaired) electrons. The summed E-state index contributed by atoms with van der Waals surface area (Å²) in [5, 5.41) is 8.07. The van der Waals surface area contributed by atoms with Crippen molar-refractivity contribution < 1.29 is 4.42 Å². The standard InChI is InChI=1S/C16H15N3OS/c1-8-6-7-11-13(15-18-19-16(21)20-15)10-4-3-5-12(10)17-14(11)9(8)2/h6-7H,3-5H2,1-2H3,(H,19,21). The fourth-order valence-corrected chi connectivity index (χ4v) is 3.27. The van der Waals surface area contributed by atoms with Crippen LogP contribution in [0.5, 0.6) is 0 Å². The van der Waals surface area contributed by atoms with Crippen LogP contribution in [-0.2, 0) is 12.8 Å². The van der Waals surface area contributed by atoms with Crippen LogP contribution in [0.3, 0.4) is 0 Å². The normalized spacial score (nSPS) is 13.8. The highest BCUT2D eigenvalue weighted by Gasteiger charge is 2.24. The first-order chi connectivity index (χ1) is 10.1. The third kappa shape index (κ3) is 1.84. The topological polar surface area (TPSA) is 54.7 Å². The van der Waals surface area contributed by atoms with Gasteiger partial charge in [0.05, 0.1) is 11.1 Å². The Morgan fingerprint density at radius 1 is 1.24 bits per heavy atom. The molecule has 0 unspecified atom stereocenters. The highest BCUT2D eigenvalue weighted by molar-refractivity contribution is 7.71. The minimum Gasteiger partial charge on any atom is -0.409 e. The van der Waals surface area contributed by atoms with E-state index in [-0.39, 0.29) is 0 Å². The molecular weight excluding hydrogens is 282 g/mol. The molecule has 2 heterocycles. The van der Waals surface area contributed by atoms with E-state index in [9.17, 15) is 0 Å². The maximum atomic E-state index is 5.59. The molecule has 0 spiro atoms. The van der Waals surface area contributed by atoms with Crippen molar-refractivity contribution in [2.45, 2.75) is 33.1 Å². The zero-order valence-corrected chi connectivity index (χ0v) is 12.8. The molecule has 3 aromatic rings. The molecule has 0 saturated carbocycles. The molecule has 0 aliphatic heterocycles. The second-order valence-corrected chi connectivity index (χ2v) is 5.96. The molecule has 1 aliphatic carbocycles. The Labute approximate surface area is 127 Å². The van der Waals surface area contributed by atoms with Crippen LogP contribution in [0, 0.1) is 18.7 Å². The number of nitrogens with one attached hydrogen (secondary N) is 1. The summed E-state index contributed by atoms with van der Waals surface area (Å²) in [5.74, 6) is 0.578. The van der Waals surface area contributed by atoms with Crippen LogP contribution >= 0.6 is 12.2 Å². The maximum absolute atomic E-state index is 5.59. The van der Waals surface area contributed by atoms with Gasteiger partial charge >= 0.3 is 0 Å². The van der Waals surface area contributed by atoms with E-state index < -0.39 is 0 Å². The summed E-state index contributed by atoms with van der Waals surface area (Å²) < 4.78 is 5.59. The molecule has 4 nitrogen and oxygen atoms in total. The lowest BCUT2D eigenvalue weighted by Gasteiger charge is -2.12. The first-order valence-corrected chi connectivity index (χ1v) is 7.53. The summed E-state index contributed by atoms with van der Waals surface area (Å²) in [6.45, 7) is 4.24. The van der Waals surface area contributed by atoms with Crippen molar-refractivity contribution in [3.05, 3.63) is 39.4 Å². The SMILES string of the molecule is Cc1ccc2c(-c3n[nH]c(=S)o3)c3c(nc2c1C)CCC3.